The van der Waals surface area contributed by atoms with Crippen LogP contribution in [0.4, 0.5) is 0 Å². The highest BCUT2D eigenvalue weighted by Crippen LogP contribution is 2.19. The molecule has 1 aliphatic heterocycles. The zero-order chi connectivity index (χ0) is 14.5. The van der Waals surface area contributed by atoms with Gasteiger partial charge in [0.2, 0.25) is 0 Å². The molecule has 5 heteroatoms. The first-order valence-electron chi connectivity index (χ1n) is 5.99. The van der Waals surface area contributed by atoms with Gasteiger partial charge >= 0.3 is 0 Å². The summed E-state index contributed by atoms with van der Waals surface area (Å²) in [6.45, 7) is 11.0. The van der Waals surface area contributed by atoms with Gasteiger partial charge in [0.1, 0.15) is 5.82 Å². The first-order valence-corrected chi connectivity index (χ1v) is 5.99. The Morgan fingerprint density at radius 3 is 2.39 bits per heavy atom. The van der Waals surface area contributed by atoms with Crippen LogP contribution in [0, 0.1) is 0 Å². The lowest BCUT2D eigenvalue weighted by Gasteiger charge is -2.34. The topological polar surface area (TPSA) is 60.9 Å². The number of carbonyl (C=O) groups excluding carboxylic acids is 2. The zero-order valence-electron chi connectivity index (χ0n) is 11.7. The summed E-state index contributed by atoms with van der Waals surface area (Å²) in [5, 5.41) is 9.30. The van der Waals surface area contributed by atoms with Crippen molar-refractivity contribution in [1.82, 2.24) is 9.80 Å². The maximum atomic E-state index is 11.7. The van der Waals surface area contributed by atoms with Gasteiger partial charge in [-0.05, 0) is 13.8 Å². The SMILES string of the molecule is C=C1N(CC(C)O)C=C(C(C)=O)C(=O)N1C.CC. The second kappa shape index (κ2) is 6.96. The maximum absolute atomic E-state index is 11.7. The lowest BCUT2D eigenvalue weighted by atomic mass is 10.1. The van der Waals surface area contributed by atoms with Crippen LogP contribution in [0.5, 0.6) is 0 Å². The number of hydrogen-bond donors (Lipinski definition) is 1. The Morgan fingerprint density at radius 1 is 1.50 bits per heavy atom. The molecule has 0 aromatic heterocycles. The second-order valence-electron chi connectivity index (χ2n) is 3.88. The van der Waals surface area contributed by atoms with Crippen molar-refractivity contribution in [3.05, 3.63) is 24.2 Å². The number of likely N-dealkylation sites (N-methyl/N-ethyl adjacent to an activating group) is 1. The molecule has 1 rings (SSSR count). The van der Waals surface area contributed by atoms with Gasteiger partial charge in [0.15, 0.2) is 5.78 Å². The Hall–Kier alpha value is -1.62. The molecule has 0 aromatic carbocycles. The van der Waals surface area contributed by atoms with Crippen molar-refractivity contribution in [3.8, 4) is 0 Å². The number of hydrogen-bond acceptors (Lipinski definition) is 4. The molecule has 0 bridgehead atoms. The van der Waals surface area contributed by atoms with Crippen molar-refractivity contribution in [2.45, 2.75) is 33.8 Å². The highest BCUT2D eigenvalue weighted by atomic mass is 16.3. The van der Waals surface area contributed by atoms with Gasteiger partial charge < -0.3 is 10.0 Å². The number of aliphatic hydroxyl groups excluding tert-OH is 1. The van der Waals surface area contributed by atoms with E-state index >= 15 is 0 Å². The summed E-state index contributed by atoms with van der Waals surface area (Å²) in [7, 11) is 1.55. The average Bonchev–Trinajstić information content (AvgIpc) is 2.31. The molecule has 5 nitrogen and oxygen atoms in total. The second-order valence-corrected chi connectivity index (χ2v) is 3.88. The minimum atomic E-state index is -0.567. The molecule has 0 aromatic rings. The third-order valence-electron chi connectivity index (χ3n) is 2.38. The van der Waals surface area contributed by atoms with Crippen LogP contribution in [0.2, 0.25) is 0 Å². The van der Waals surface area contributed by atoms with Gasteiger partial charge in [-0.2, -0.15) is 0 Å². The van der Waals surface area contributed by atoms with Crippen molar-refractivity contribution in [2.75, 3.05) is 13.6 Å². The van der Waals surface area contributed by atoms with Gasteiger partial charge in [0.25, 0.3) is 5.91 Å². The smallest absolute Gasteiger partial charge is 0.264 e. The van der Waals surface area contributed by atoms with E-state index in [4.69, 9.17) is 0 Å². The van der Waals surface area contributed by atoms with Gasteiger partial charge in [-0.3, -0.25) is 14.5 Å². The fraction of sp³-hybridized carbons (Fsp3) is 0.538. The van der Waals surface area contributed by atoms with Crippen molar-refractivity contribution in [2.24, 2.45) is 0 Å². The Balaban J connectivity index is 0.00000137. The number of ketones is 1. The molecule has 1 unspecified atom stereocenters. The number of nitrogens with zero attached hydrogens (tertiary/aromatic N) is 2. The molecule has 0 aliphatic carbocycles. The normalized spacial score (nSPS) is 16.9. The molecule has 102 valence electrons. The Morgan fingerprint density at radius 2 is 2.00 bits per heavy atom. The van der Waals surface area contributed by atoms with E-state index in [1.165, 1.54) is 18.0 Å². The number of amides is 1. The van der Waals surface area contributed by atoms with E-state index in [9.17, 15) is 14.7 Å². The van der Waals surface area contributed by atoms with E-state index < -0.39 is 6.10 Å². The van der Waals surface area contributed by atoms with Crippen molar-refractivity contribution >= 4 is 11.7 Å². The molecule has 0 saturated carbocycles. The quantitative estimate of drug-likeness (QED) is 0.766. The molecule has 18 heavy (non-hydrogen) atoms. The number of Topliss-reactive ketones (excluding diaryl/α,β-unsaturated/α-hetero) is 1. The number of rotatable bonds is 3. The standard InChI is InChI=1S/C11H16N2O3.C2H6/c1-7(14)5-13-6-10(8(2)15)11(16)12(4)9(13)3;1-2/h6-7,14H,3,5H2,1-2,4H3;1-2H3. The number of β-amino-alcohol motifs (C(OH)–C–C–N with tert-alkyl or cyclic N) is 1. The molecular formula is C13H22N2O3. The molecule has 0 saturated heterocycles. The lowest BCUT2D eigenvalue weighted by molar-refractivity contribution is -0.128. The molecule has 0 spiro atoms. The first-order chi connectivity index (χ1) is 8.34. The van der Waals surface area contributed by atoms with E-state index in [1.54, 1.807) is 18.9 Å². The molecule has 1 heterocycles. The van der Waals surface area contributed by atoms with Gasteiger partial charge in [0, 0.05) is 19.8 Å². The largest absolute Gasteiger partial charge is 0.392 e. The highest BCUT2D eigenvalue weighted by molar-refractivity contribution is 6.19. The summed E-state index contributed by atoms with van der Waals surface area (Å²) in [5.41, 5.74) is 0.107. The maximum Gasteiger partial charge on any atom is 0.264 e. The summed E-state index contributed by atoms with van der Waals surface area (Å²) in [4.78, 5) is 25.9. The summed E-state index contributed by atoms with van der Waals surface area (Å²) in [6.07, 6.45) is 0.877. The monoisotopic (exact) mass is 254 g/mol. The minimum Gasteiger partial charge on any atom is -0.392 e. The molecular weight excluding hydrogens is 232 g/mol. The van der Waals surface area contributed by atoms with Crippen LogP contribution in [0.3, 0.4) is 0 Å². The summed E-state index contributed by atoms with van der Waals surface area (Å²) in [5.74, 6) is -0.199. The molecule has 0 radical (unpaired) electrons. The molecule has 0 fully saturated rings. The zero-order valence-corrected chi connectivity index (χ0v) is 11.7. The van der Waals surface area contributed by atoms with Gasteiger partial charge in [-0.25, -0.2) is 0 Å². The predicted octanol–water partition coefficient (Wildman–Crippen LogP) is 1.11. The average molecular weight is 254 g/mol. The van der Waals surface area contributed by atoms with Crippen LogP contribution >= 0.6 is 0 Å². The lowest BCUT2D eigenvalue weighted by Crippen LogP contribution is -2.43. The van der Waals surface area contributed by atoms with Crippen molar-refractivity contribution in [1.29, 1.82) is 0 Å². The molecule has 1 aliphatic rings. The van der Waals surface area contributed by atoms with E-state index in [0.29, 0.717) is 12.4 Å². The molecule has 1 N–H and O–H groups in total. The van der Waals surface area contributed by atoms with Gasteiger partial charge in [-0.15, -0.1) is 0 Å². The molecule has 1 atom stereocenters. The minimum absolute atomic E-state index is 0.107. The van der Waals surface area contributed by atoms with E-state index in [1.807, 2.05) is 13.8 Å². The van der Waals surface area contributed by atoms with Crippen LogP contribution in [-0.2, 0) is 9.59 Å². The van der Waals surface area contributed by atoms with E-state index in [-0.39, 0.29) is 17.3 Å². The van der Waals surface area contributed by atoms with E-state index in [2.05, 4.69) is 6.58 Å². The third kappa shape index (κ3) is 3.70. The van der Waals surface area contributed by atoms with Crippen LogP contribution in [0.15, 0.2) is 24.2 Å². The first kappa shape index (κ1) is 16.4. The van der Waals surface area contributed by atoms with Gasteiger partial charge in [0.05, 0.1) is 11.7 Å². The fourth-order valence-corrected chi connectivity index (χ4v) is 1.46. The summed E-state index contributed by atoms with van der Waals surface area (Å²) >= 11 is 0. The Kier molecular flexibility index (Phi) is 6.33. The van der Waals surface area contributed by atoms with Gasteiger partial charge in [-0.1, -0.05) is 20.4 Å². The summed E-state index contributed by atoms with van der Waals surface area (Å²) < 4.78 is 0. The predicted molar refractivity (Wildman–Crippen MR) is 70.4 cm³/mol. The number of aliphatic hydroxyl groups is 1. The Labute approximate surface area is 108 Å². The van der Waals surface area contributed by atoms with Crippen LogP contribution < -0.4 is 0 Å². The Bertz CT molecular complexity index is 372. The molecule has 1 amide bonds. The van der Waals surface area contributed by atoms with Crippen LogP contribution in [0.25, 0.3) is 0 Å². The van der Waals surface area contributed by atoms with E-state index in [0.717, 1.165) is 0 Å². The number of carbonyl (C=O) groups is 2. The van der Waals surface area contributed by atoms with Crippen LogP contribution in [0.1, 0.15) is 27.7 Å². The highest BCUT2D eigenvalue weighted by Gasteiger charge is 2.29. The van der Waals surface area contributed by atoms with Crippen molar-refractivity contribution in [3.63, 3.8) is 0 Å². The van der Waals surface area contributed by atoms with Crippen LogP contribution in [-0.4, -0.2) is 46.3 Å². The fourth-order valence-electron chi connectivity index (χ4n) is 1.46. The summed E-state index contributed by atoms with van der Waals surface area (Å²) in [6, 6.07) is 0. The van der Waals surface area contributed by atoms with Crippen molar-refractivity contribution < 1.29 is 14.7 Å². The third-order valence-corrected chi connectivity index (χ3v) is 2.38.